The van der Waals surface area contributed by atoms with Crippen LogP contribution in [0, 0.1) is 0 Å². The van der Waals surface area contributed by atoms with Gasteiger partial charge in [0.15, 0.2) is 0 Å². The zero-order chi connectivity index (χ0) is 13.0. The molecule has 0 amide bonds. The van der Waals surface area contributed by atoms with Crippen molar-refractivity contribution in [1.29, 1.82) is 0 Å². The zero-order valence-corrected chi connectivity index (χ0v) is 11.3. The SMILES string of the molecule is CCCNc1nc(OC)nc(N(CC)C2CC2)n1. The molecule has 18 heavy (non-hydrogen) atoms. The van der Waals surface area contributed by atoms with Crippen molar-refractivity contribution in [1.82, 2.24) is 15.0 Å². The van der Waals surface area contributed by atoms with Crippen molar-refractivity contribution in [2.45, 2.75) is 39.2 Å². The number of hydrogen-bond donors (Lipinski definition) is 1. The lowest BCUT2D eigenvalue weighted by molar-refractivity contribution is 0.378. The van der Waals surface area contributed by atoms with Crippen LogP contribution in [-0.4, -0.2) is 41.2 Å². The first-order chi connectivity index (χ1) is 8.78. The third-order valence-corrected chi connectivity index (χ3v) is 2.90. The van der Waals surface area contributed by atoms with Gasteiger partial charge in [-0.05, 0) is 26.2 Å². The molecule has 1 aliphatic rings. The van der Waals surface area contributed by atoms with Gasteiger partial charge in [-0.25, -0.2) is 0 Å². The van der Waals surface area contributed by atoms with Crippen LogP contribution in [0.5, 0.6) is 6.01 Å². The van der Waals surface area contributed by atoms with Crippen molar-refractivity contribution < 1.29 is 4.74 Å². The summed E-state index contributed by atoms with van der Waals surface area (Å²) in [5.41, 5.74) is 0. The van der Waals surface area contributed by atoms with Crippen LogP contribution in [-0.2, 0) is 0 Å². The molecule has 0 aromatic carbocycles. The molecule has 0 spiro atoms. The molecule has 6 nitrogen and oxygen atoms in total. The second kappa shape index (κ2) is 5.84. The molecule has 100 valence electrons. The number of hydrogen-bond acceptors (Lipinski definition) is 6. The van der Waals surface area contributed by atoms with Gasteiger partial charge in [0.25, 0.3) is 0 Å². The number of aromatic nitrogens is 3. The molecular formula is C12H21N5O. The van der Waals surface area contributed by atoms with Gasteiger partial charge < -0.3 is 15.0 Å². The molecule has 1 aromatic heterocycles. The highest BCUT2D eigenvalue weighted by molar-refractivity contribution is 5.40. The summed E-state index contributed by atoms with van der Waals surface area (Å²) in [6.45, 7) is 5.98. The highest BCUT2D eigenvalue weighted by Gasteiger charge is 2.30. The van der Waals surface area contributed by atoms with Crippen LogP contribution in [0.3, 0.4) is 0 Å². The van der Waals surface area contributed by atoms with E-state index in [0.717, 1.165) is 19.5 Å². The fourth-order valence-corrected chi connectivity index (χ4v) is 1.83. The molecule has 1 aliphatic carbocycles. The monoisotopic (exact) mass is 251 g/mol. The second-order valence-electron chi connectivity index (χ2n) is 4.39. The van der Waals surface area contributed by atoms with Crippen LogP contribution < -0.4 is 15.0 Å². The maximum Gasteiger partial charge on any atom is 0.322 e. The molecule has 0 saturated heterocycles. The summed E-state index contributed by atoms with van der Waals surface area (Å²) in [5, 5.41) is 3.18. The quantitative estimate of drug-likeness (QED) is 0.795. The van der Waals surface area contributed by atoms with Crippen LogP contribution in [0.15, 0.2) is 0 Å². The predicted octanol–water partition coefficient (Wildman–Crippen LogP) is 1.69. The minimum absolute atomic E-state index is 0.373. The zero-order valence-electron chi connectivity index (χ0n) is 11.3. The Morgan fingerprint density at radius 3 is 2.61 bits per heavy atom. The molecule has 1 fully saturated rings. The van der Waals surface area contributed by atoms with Gasteiger partial charge >= 0.3 is 6.01 Å². The highest BCUT2D eigenvalue weighted by atomic mass is 16.5. The maximum atomic E-state index is 5.14. The van der Waals surface area contributed by atoms with Crippen LogP contribution in [0.25, 0.3) is 0 Å². The molecular weight excluding hydrogens is 230 g/mol. The summed E-state index contributed by atoms with van der Waals surface area (Å²) >= 11 is 0. The Hall–Kier alpha value is -1.59. The van der Waals surface area contributed by atoms with Gasteiger partial charge in [0, 0.05) is 19.1 Å². The molecule has 0 atom stereocenters. The van der Waals surface area contributed by atoms with Gasteiger partial charge in [-0.1, -0.05) is 6.92 Å². The van der Waals surface area contributed by atoms with Gasteiger partial charge in [-0.3, -0.25) is 0 Å². The number of anilines is 2. The fraction of sp³-hybridized carbons (Fsp3) is 0.750. The Balaban J connectivity index is 2.21. The summed E-state index contributed by atoms with van der Waals surface area (Å²) in [6, 6.07) is 0.957. The van der Waals surface area contributed by atoms with Crippen LogP contribution in [0.4, 0.5) is 11.9 Å². The smallest absolute Gasteiger partial charge is 0.322 e. The number of ether oxygens (including phenoxy) is 1. The Labute approximate surface area is 108 Å². The van der Waals surface area contributed by atoms with Gasteiger partial charge in [0.2, 0.25) is 11.9 Å². The summed E-state index contributed by atoms with van der Waals surface area (Å²) in [4.78, 5) is 15.2. The lowest BCUT2D eigenvalue weighted by atomic mass is 10.5. The van der Waals surface area contributed by atoms with E-state index in [1.54, 1.807) is 7.11 Å². The first kappa shape index (κ1) is 12.9. The van der Waals surface area contributed by atoms with Crippen LogP contribution >= 0.6 is 0 Å². The average Bonchev–Trinajstić information content (AvgIpc) is 3.21. The molecule has 1 heterocycles. The lowest BCUT2D eigenvalue weighted by Gasteiger charge is -2.20. The molecule has 0 radical (unpaired) electrons. The molecule has 0 bridgehead atoms. The molecule has 1 saturated carbocycles. The summed E-state index contributed by atoms with van der Waals surface area (Å²) in [5.74, 6) is 1.31. The normalized spacial score (nSPS) is 14.4. The van der Waals surface area contributed by atoms with Crippen molar-refractivity contribution in [2.75, 3.05) is 30.4 Å². The van der Waals surface area contributed by atoms with Crippen molar-refractivity contribution >= 4 is 11.9 Å². The van der Waals surface area contributed by atoms with Gasteiger partial charge in [-0.15, -0.1) is 0 Å². The van der Waals surface area contributed by atoms with E-state index in [1.807, 2.05) is 0 Å². The highest BCUT2D eigenvalue weighted by Crippen LogP contribution is 2.30. The Morgan fingerprint density at radius 1 is 1.28 bits per heavy atom. The van der Waals surface area contributed by atoms with Gasteiger partial charge in [0.05, 0.1) is 7.11 Å². The van der Waals surface area contributed by atoms with E-state index in [0.29, 0.717) is 23.9 Å². The molecule has 0 unspecified atom stereocenters. The van der Waals surface area contributed by atoms with E-state index in [-0.39, 0.29) is 0 Å². The molecule has 2 rings (SSSR count). The Bertz CT molecular complexity index is 394. The van der Waals surface area contributed by atoms with E-state index in [9.17, 15) is 0 Å². The van der Waals surface area contributed by atoms with Crippen molar-refractivity contribution in [2.24, 2.45) is 0 Å². The summed E-state index contributed by atoms with van der Waals surface area (Å²) in [6.07, 6.45) is 3.47. The van der Waals surface area contributed by atoms with E-state index < -0.39 is 0 Å². The second-order valence-corrected chi connectivity index (χ2v) is 4.39. The van der Waals surface area contributed by atoms with E-state index >= 15 is 0 Å². The number of nitrogens with zero attached hydrogens (tertiary/aromatic N) is 4. The fourth-order valence-electron chi connectivity index (χ4n) is 1.83. The minimum atomic E-state index is 0.373. The van der Waals surface area contributed by atoms with E-state index in [2.05, 4.69) is 39.0 Å². The van der Waals surface area contributed by atoms with E-state index in [4.69, 9.17) is 4.74 Å². The molecule has 0 aliphatic heterocycles. The summed E-state index contributed by atoms with van der Waals surface area (Å²) < 4.78 is 5.14. The third-order valence-electron chi connectivity index (χ3n) is 2.90. The van der Waals surface area contributed by atoms with Gasteiger partial charge in [0.1, 0.15) is 0 Å². The number of methoxy groups -OCH3 is 1. The Morgan fingerprint density at radius 2 is 2.06 bits per heavy atom. The predicted molar refractivity (Wildman–Crippen MR) is 71.2 cm³/mol. The Kier molecular flexibility index (Phi) is 4.17. The van der Waals surface area contributed by atoms with Gasteiger partial charge in [-0.2, -0.15) is 15.0 Å². The van der Waals surface area contributed by atoms with Crippen LogP contribution in [0.2, 0.25) is 0 Å². The van der Waals surface area contributed by atoms with Crippen molar-refractivity contribution in [3.05, 3.63) is 0 Å². The van der Waals surface area contributed by atoms with Crippen LogP contribution in [0.1, 0.15) is 33.1 Å². The topological polar surface area (TPSA) is 63.2 Å². The summed E-state index contributed by atoms with van der Waals surface area (Å²) in [7, 11) is 1.58. The van der Waals surface area contributed by atoms with E-state index in [1.165, 1.54) is 12.8 Å². The average molecular weight is 251 g/mol. The molecule has 1 N–H and O–H groups in total. The largest absolute Gasteiger partial charge is 0.467 e. The first-order valence-corrected chi connectivity index (χ1v) is 6.59. The minimum Gasteiger partial charge on any atom is -0.467 e. The maximum absolute atomic E-state index is 5.14. The first-order valence-electron chi connectivity index (χ1n) is 6.59. The molecule has 1 aromatic rings. The van der Waals surface area contributed by atoms with Crippen molar-refractivity contribution in [3.8, 4) is 6.01 Å². The third kappa shape index (κ3) is 3.00. The van der Waals surface area contributed by atoms with Crippen molar-refractivity contribution in [3.63, 3.8) is 0 Å². The number of nitrogens with one attached hydrogen (secondary N) is 1. The number of rotatable bonds is 7. The molecule has 6 heteroatoms. The standard InChI is InChI=1S/C12H21N5O/c1-4-8-13-10-14-11(16-12(15-10)18-3)17(5-2)9-6-7-9/h9H,4-8H2,1-3H3,(H,13,14,15,16). The lowest BCUT2D eigenvalue weighted by Crippen LogP contribution is -2.27.